The minimum Gasteiger partial charge on any atom is -0.343 e. The van der Waals surface area contributed by atoms with Crippen molar-refractivity contribution >= 4 is 43.2 Å². The lowest BCUT2D eigenvalue weighted by Gasteiger charge is -2.43. The van der Waals surface area contributed by atoms with Crippen molar-refractivity contribution < 1.29 is 13.2 Å². The second kappa shape index (κ2) is 4.83. The Hall–Kier alpha value is -0.440. The lowest BCUT2D eigenvalue weighted by molar-refractivity contribution is -0.142. The third-order valence-corrected chi connectivity index (χ3v) is 7.39. The summed E-state index contributed by atoms with van der Waals surface area (Å²) < 4.78 is 27.5. The molecule has 1 aromatic heterocycles. The van der Waals surface area contributed by atoms with Gasteiger partial charge >= 0.3 is 0 Å². The molecule has 0 N–H and O–H groups in total. The third kappa shape index (κ3) is 2.46. The topological polar surface area (TPSA) is 57.7 Å². The van der Waals surface area contributed by atoms with E-state index in [1.165, 1.54) is 4.31 Å². The number of thiophene rings is 1. The van der Waals surface area contributed by atoms with Gasteiger partial charge in [0.05, 0.1) is 3.79 Å². The minimum absolute atomic E-state index is 0.182. The van der Waals surface area contributed by atoms with Gasteiger partial charge in [-0.15, -0.1) is 11.3 Å². The second-order valence-electron chi connectivity index (χ2n) is 4.92. The quantitative estimate of drug-likeness (QED) is 0.800. The van der Waals surface area contributed by atoms with Gasteiger partial charge in [0.1, 0.15) is 9.75 Å². The fourth-order valence-corrected chi connectivity index (χ4v) is 6.02. The molecule has 0 atom stereocenters. The maximum Gasteiger partial charge on any atom is 0.253 e. The van der Waals surface area contributed by atoms with Gasteiger partial charge < -0.3 is 4.90 Å². The van der Waals surface area contributed by atoms with Crippen LogP contribution in [-0.2, 0) is 14.8 Å². The van der Waals surface area contributed by atoms with Crippen molar-refractivity contribution in [1.82, 2.24) is 9.21 Å². The highest BCUT2D eigenvalue weighted by Crippen LogP contribution is 2.33. The Morgan fingerprint density at radius 2 is 1.95 bits per heavy atom. The van der Waals surface area contributed by atoms with E-state index in [1.54, 1.807) is 37.9 Å². The number of hydrogen-bond donors (Lipinski definition) is 0. The van der Waals surface area contributed by atoms with Gasteiger partial charge in [-0.05, 0) is 41.9 Å². The minimum atomic E-state index is -3.63. The monoisotopic (exact) mass is 366 g/mol. The Bertz CT molecular complexity index is 609. The second-order valence-corrected chi connectivity index (χ2v) is 9.47. The highest BCUT2D eigenvalue weighted by Gasteiger charge is 2.47. The van der Waals surface area contributed by atoms with Crippen LogP contribution in [0.1, 0.15) is 13.8 Å². The lowest BCUT2D eigenvalue weighted by Crippen LogP contribution is -2.63. The molecule has 1 aliphatic heterocycles. The molecular formula is C11H15BrN2O3S2. The van der Waals surface area contributed by atoms with Gasteiger partial charge in [-0.25, -0.2) is 8.42 Å². The van der Waals surface area contributed by atoms with E-state index in [1.807, 2.05) is 0 Å². The zero-order valence-electron chi connectivity index (χ0n) is 10.9. The van der Waals surface area contributed by atoms with Crippen LogP contribution in [0.15, 0.2) is 20.1 Å². The summed E-state index contributed by atoms with van der Waals surface area (Å²) in [4.78, 5) is 13.7. The molecule has 0 bridgehead atoms. The average molecular weight is 367 g/mol. The molecule has 1 saturated heterocycles. The van der Waals surface area contributed by atoms with Gasteiger partial charge in [0.2, 0.25) is 5.91 Å². The summed E-state index contributed by atoms with van der Waals surface area (Å²) in [5.74, 6) is -0.182. The van der Waals surface area contributed by atoms with Gasteiger partial charge in [0.15, 0.2) is 0 Å². The number of likely N-dealkylation sites (N-methyl/N-ethyl adjacent to an activating group) is 1. The number of hydrogen-bond acceptors (Lipinski definition) is 4. The first-order valence-corrected chi connectivity index (χ1v) is 8.76. The SMILES string of the molecule is CN1CCN(S(=O)(=O)c2ccc(Br)s2)C(C)(C)C1=O. The highest BCUT2D eigenvalue weighted by atomic mass is 79.9. The van der Waals surface area contributed by atoms with Crippen LogP contribution in [0, 0.1) is 0 Å². The first kappa shape index (κ1) is 15.0. The van der Waals surface area contributed by atoms with E-state index in [9.17, 15) is 13.2 Å². The van der Waals surface area contributed by atoms with Crippen molar-refractivity contribution in [2.45, 2.75) is 23.6 Å². The van der Waals surface area contributed by atoms with Crippen molar-refractivity contribution in [1.29, 1.82) is 0 Å². The van der Waals surface area contributed by atoms with Gasteiger partial charge in [-0.3, -0.25) is 4.79 Å². The van der Waals surface area contributed by atoms with Gasteiger partial charge in [-0.1, -0.05) is 0 Å². The zero-order valence-corrected chi connectivity index (χ0v) is 14.1. The molecule has 0 radical (unpaired) electrons. The molecule has 19 heavy (non-hydrogen) atoms. The van der Waals surface area contributed by atoms with Crippen LogP contribution in [-0.4, -0.2) is 49.2 Å². The van der Waals surface area contributed by atoms with Crippen LogP contribution < -0.4 is 0 Å². The fraction of sp³-hybridized carbons (Fsp3) is 0.545. The molecule has 106 valence electrons. The highest BCUT2D eigenvalue weighted by molar-refractivity contribution is 9.11. The van der Waals surface area contributed by atoms with E-state index in [-0.39, 0.29) is 10.1 Å². The first-order chi connectivity index (χ1) is 8.67. The lowest BCUT2D eigenvalue weighted by atomic mass is 10.0. The van der Waals surface area contributed by atoms with E-state index in [4.69, 9.17) is 0 Å². The Labute approximate surface area is 125 Å². The number of sulfonamides is 1. The molecule has 0 aliphatic carbocycles. The van der Waals surface area contributed by atoms with E-state index in [0.717, 1.165) is 15.1 Å². The number of nitrogens with zero attached hydrogens (tertiary/aromatic N) is 2. The Kier molecular flexibility index (Phi) is 3.81. The zero-order chi connectivity index (χ0) is 14.4. The van der Waals surface area contributed by atoms with E-state index < -0.39 is 15.6 Å². The van der Waals surface area contributed by atoms with E-state index in [0.29, 0.717) is 13.1 Å². The van der Waals surface area contributed by atoms with Gasteiger partial charge in [-0.2, -0.15) is 4.31 Å². The maximum absolute atomic E-state index is 12.6. The molecule has 0 aromatic carbocycles. The van der Waals surface area contributed by atoms with Crippen molar-refractivity contribution in [2.75, 3.05) is 20.1 Å². The number of carbonyl (C=O) groups excluding carboxylic acids is 1. The first-order valence-electron chi connectivity index (χ1n) is 5.71. The standard InChI is InChI=1S/C11H15BrN2O3S2/c1-11(2)10(15)13(3)6-7-14(11)19(16,17)9-5-4-8(12)18-9/h4-5H,6-7H2,1-3H3. The van der Waals surface area contributed by atoms with Crippen LogP contribution >= 0.6 is 27.3 Å². The molecule has 1 fully saturated rings. The van der Waals surface area contributed by atoms with Crippen LogP contribution in [0.25, 0.3) is 0 Å². The molecule has 0 unspecified atom stereocenters. The third-order valence-electron chi connectivity index (χ3n) is 3.22. The molecule has 0 spiro atoms. The predicted molar refractivity (Wildman–Crippen MR) is 77.6 cm³/mol. The molecular weight excluding hydrogens is 352 g/mol. The average Bonchev–Trinajstić information content (AvgIpc) is 2.73. The van der Waals surface area contributed by atoms with Crippen LogP contribution in [0.4, 0.5) is 0 Å². The summed E-state index contributed by atoms with van der Waals surface area (Å²) in [5.41, 5.74) is -1.05. The van der Waals surface area contributed by atoms with Crippen molar-refractivity contribution in [2.24, 2.45) is 0 Å². The number of piperazine rings is 1. The van der Waals surface area contributed by atoms with Crippen molar-refractivity contribution in [3.8, 4) is 0 Å². The molecule has 1 aliphatic rings. The number of carbonyl (C=O) groups is 1. The molecule has 2 heterocycles. The molecule has 1 aromatic rings. The summed E-state index contributed by atoms with van der Waals surface area (Å²) in [7, 11) is -1.94. The predicted octanol–water partition coefficient (Wildman–Crippen LogP) is 1.75. The largest absolute Gasteiger partial charge is 0.343 e. The molecule has 0 saturated carbocycles. The number of rotatable bonds is 2. The van der Waals surface area contributed by atoms with E-state index >= 15 is 0 Å². The summed E-state index contributed by atoms with van der Waals surface area (Å²) in [5, 5.41) is 0. The van der Waals surface area contributed by atoms with Crippen molar-refractivity contribution in [3.63, 3.8) is 0 Å². The van der Waals surface area contributed by atoms with Crippen LogP contribution in [0.2, 0.25) is 0 Å². The Morgan fingerprint density at radius 3 is 2.47 bits per heavy atom. The smallest absolute Gasteiger partial charge is 0.253 e. The molecule has 2 rings (SSSR count). The van der Waals surface area contributed by atoms with E-state index in [2.05, 4.69) is 15.9 Å². The molecule has 8 heteroatoms. The van der Waals surface area contributed by atoms with Crippen LogP contribution in [0.5, 0.6) is 0 Å². The Balaban J connectivity index is 2.44. The Morgan fingerprint density at radius 1 is 1.32 bits per heavy atom. The van der Waals surface area contributed by atoms with Crippen LogP contribution in [0.3, 0.4) is 0 Å². The molecule has 5 nitrogen and oxygen atoms in total. The summed E-state index contributed by atoms with van der Waals surface area (Å²) >= 11 is 4.41. The van der Waals surface area contributed by atoms with Gasteiger partial charge in [0.25, 0.3) is 10.0 Å². The summed E-state index contributed by atoms with van der Waals surface area (Å²) in [6.07, 6.45) is 0. The number of amides is 1. The van der Waals surface area contributed by atoms with Crippen molar-refractivity contribution in [3.05, 3.63) is 15.9 Å². The number of halogens is 1. The summed E-state index contributed by atoms with van der Waals surface area (Å²) in [6.45, 7) is 4.01. The summed E-state index contributed by atoms with van der Waals surface area (Å²) in [6, 6.07) is 3.26. The van der Waals surface area contributed by atoms with Gasteiger partial charge in [0, 0.05) is 20.1 Å². The maximum atomic E-state index is 12.6. The molecule has 1 amide bonds. The normalized spacial score (nSPS) is 20.8. The fourth-order valence-electron chi connectivity index (χ4n) is 2.16.